The van der Waals surface area contributed by atoms with Crippen LogP contribution in [0.5, 0.6) is 5.75 Å². The van der Waals surface area contributed by atoms with Crippen LogP contribution < -0.4 is 10.2 Å². The number of carbonyl (C=O) groups excluding carboxylic acids is 1. The molecule has 4 rings (SSSR count). The maximum atomic E-state index is 12.6. The van der Waals surface area contributed by atoms with E-state index in [9.17, 15) is 9.90 Å². The molecule has 0 saturated carbocycles. The molecule has 7 heteroatoms. The number of carbonyl (C=O) groups is 1. The minimum absolute atomic E-state index is 0.00705. The van der Waals surface area contributed by atoms with Gasteiger partial charge < -0.3 is 15.3 Å². The van der Waals surface area contributed by atoms with Crippen LogP contribution in [-0.4, -0.2) is 53.6 Å². The number of hydrogen-bond acceptors (Lipinski definition) is 6. The number of hydrogen-bond donors (Lipinski definition) is 2. The summed E-state index contributed by atoms with van der Waals surface area (Å²) in [5, 5.41) is 13.5. The zero-order valence-corrected chi connectivity index (χ0v) is 18.1. The predicted molar refractivity (Wildman–Crippen MR) is 126 cm³/mol. The van der Waals surface area contributed by atoms with Crippen molar-refractivity contribution < 1.29 is 9.90 Å². The van der Waals surface area contributed by atoms with Crippen LogP contribution in [0.25, 0.3) is 0 Å². The summed E-state index contributed by atoms with van der Waals surface area (Å²) < 4.78 is 0. The first-order valence-corrected chi connectivity index (χ1v) is 11.3. The van der Waals surface area contributed by atoms with Crippen molar-refractivity contribution in [2.75, 3.05) is 42.9 Å². The van der Waals surface area contributed by atoms with Gasteiger partial charge in [0.2, 0.25) is 5.91 Å². The molecule has 0 atom stereocenters. The SMILES string of the molecule is O=C(CN1CCN(c2ccc(O)cc2)CC1)Nc1cccc(CSc2ccccn2)c1. The molecule has 31 heavy (non-hydrogen) atoms. The Hall–Kier alpha value is -3.03. The Bertz CT molecular complexity index is 990. The van der Waals surface area contributed by atoms with E-state index in [4.69, 9.17) is 0 Å². The molecular formula is C24H26N4O2S. The van der Waals surface area contributed by atoms with E-state index in [0.29, 0.717) is 6.54 Å². The Morgan fingerprint density at radius 3 is 2.55 bits per heavy atom. The summed E-state index contributed by atoms with van der Waals surface area (Å²) in [7, 11) is 0. The fraction of sp³-hybridized carbons (Fsp3) is 0.250. The molecule has 1 aliphatic heterocycles. The number of nitrogens with zero attached hydrogens (tertiary/aromatic N) is 3. The third kappa shape index (κ3) is 6.23. The van der Waals surface area contributed by atoms with E-state index in [0.717, 1.165) is 53.9 Å². The highest BCUT2D eigenvalue weighted by molar-refractivity contribution is 7.98. The van der Waals surface area contributed by atoms with Gasteiger partial charge in [-0.2, -0.15) is 0 Å². The standard InChI is InChI=1S/C24H26N4O2S/c29-22-9-7-21(8-10-22)28-14-12-27(13-15-28)17-23(30)26-20-5-3-4-19(16-20)18-31-24-6-1-2-11-25-24/h1-11,16,29H,12-15,17-18H2,(H,26,30). The first-order chi connectivity index (χ1) is 15.2. The Kier molecular flexibility index (Phi) is 7.07. The molecule has 3 aromatic rings. The number of benzene rings is 2. The highest BCUT2D eigenvalue weighted by Crippen LogP contribution is 2.22. The van der Waals surface area contributed by atoms with Crippen LogP contribution in [-0.2, 0) is 10.5 Å². The largest absolute Gasteiger partial charge is 0.508 e. The van der Waals surface area contributed by atoms with Crippen LogP contribution in [0.15, 0.2) is 78.0 Å². The number of phenolic OH excluding ortho intramolecular Hbond substituents is 1. The first kappa shape index (κ1) is 21.2. The fourth-order valence-corrected chi connectivity index (χ4v) is 4.36. The summed E-state index contributed by atoms with van der Waals surface area (Å²) in [4.78, 5) is 21.3. The van der Waals surface area contributed by atoms with Gasteiger partial charge in [0.1, 0.15) is 5.75 Å². The number of aromatic nitrogens is 1. The number of nitrogens with one attached hydrogen (secondary N) is 1. The molecular weight excluding hydrogens is 408 g/mol. The van der Waals surface area contributed by atoms with Gasteiger partial charge in [-0.15, -0.1) is 11.8 Å². The van der Waals surface area contributed by atoms with Gasteiger partial charge in [0.25, 0.3) is 0 Å². The average molecular weight is 435 g/mol. The average Bonchev–Trinajstić information content (AvgIpc) is 2.80. The van der Waals surface area contributed by atoms with Crippen molar-refractivity contribution in [2.24, 2.45) is 0 Å². The minimum atomic E-state index is 0.00705. The monoisotopic (exact) mass is 434 g/mol. The van der Waals surface area contributed by atoms with Crippen molar-refractivity contribution in [3.63, 3.8) is 0 Å². The summed E-state index contributed by atoms with van der Waals surface area (Å²) in [5.41, 5.74) is 3.07. The van der Waals surface area contributed by atoms with Crippen molar-refractivity contribution in [3.8, 4) is 5.75 Å². The number of phenols is 1. The van der Waals surface area contributed by atoms with E-state index < -0.39 is 0 Å². The third-order valence-corrected chi connectivity index (χ3v) is 6.20. The van der Waals surface area contributed by atoms with E-state index in [1.165, 1.54) is 0 Å². The van der Waals surface area contributed by atoms with Gasteiger partial charge >= 0.3 is 0 Å². The van der Waals surface area contributed by atoms with Crippen molar-refractivity contribution in [3.05, 3.63) is 78.5 Å². The van der Waals surface area contributed by atoms with Gasteiger partial charge in [0, 0.05) is 49.5 Å². The summed E-state index contributed by atoms with van der Waals surface area (Å²) in [5.74, 6) is 1.09. The quantitative estimate of drug-likeness (QED) is 0.551. The molecule has 1 aromatic heterocycles. The highest BCUT2D eigenvalue weighted by atomic mass is 32.2. The summed E-state index contributed by atoms with van der Waals surface area (Å²) in [6.07, 6.45) is 1.80. The van der Waals surface area contributed by atoms with Gasteiger partial charge in [-0.05, 0) is 54.1 Å². The topological polar surface area (TPSA) is 68.7 Å². The van der Waals surface area contributed by atoms with Gasteiger partial charge in [-0.3, -0.25) is 9.69 Å². The van der Waals surface area contributed by atoms with Gasteiger partial charge in [0.15, 0.2) is 0 Å². The number of piperazine rings is 1. The molecule has 6 nitrogen and oxygen atoms in total. The lowest BCUT2D eigenvalue weighted by Crippen LogP contribution is -2.48. The number of pyridine rings is 1. The van der Waals surface area contributed by atoms with E-state index in [-0.39, 0.29) is 11.7 Å². The van der Waals surface area contributed by atoms with Gasteiger partial charge in [-0.25, -0.2) is 4.98 Å². The summed E-state index contributed by atoms with van der Waals surface area (Å²) in [6, 6.07) is 21.1. The molecule has 0 radical (unpaired) electrons. The Balaban J connectivity index is 1.24. The minimum Gasteiger partial charge on any atom is -0.508 e. The highest BCUT2D eigenvalue weighted by Gasteiger charge is 2.19. The second kappa shape index (κ2) is 10.3. The Labute approximate surface area is 186 Å². The van der Waals surface area contributed by atoms with Crippen molar-refractivity contribution in [2.45, 2.75) is 10.8 Å². The fourth-order valence-electron chi connectivity index (χ4n) is 3.56. The zero-order chi connectivity index (χ0) is 21.5. The lowest BCUT2D eigenvalue weighted by Gasteiger charge is -2.35. The number of anilines is 2. The zero-order valence-electron chi connectivity index (χ0n) is 17.3. The Morgan fingerprint density at radius 1 is 1.00 bits per heavy atom. The van der Waals surface area contributed by atoms with Crippen molar-refractivity contribution in [1.29, 1.82) is 0 Å². The first-order valence-electron chi connectivity index (χ1n) is 10.3. The number of rotatable bonds is 7. The number of thioether (sulfide) groups is 1. The lowest BCUT2D eigenvalue weighted by atomic mass is 10.2. The number of amides is 1. The second-order valence-corrected chi connectivity index (χ2v) is 8.48. The molecule has 0 unspecified atom stereocenters. The summed E-state index contributed by atoms with van der Waals surface area (Å²) >= 11 is 1.68. The van der Waals surface area contributed by atoms with Crippen LogP contribution in [0.1, 0.15) is 5.56 Å². The summed E-state index contributed by atoms with van der Waals surface area (Å²) in [6.45, 7) is 3.76. The lowest BCUT2D eigenvalue weighted by molar-refractivity contribution is -0.117. The maximum Gasteiger partial charge on any atom is 0.238 e. The molecule has 2 N–H and O–H groups in total. The van der Waals surface area contributed by atoms with Crippen LogP contribution in [0.3, 0.4) is 0 Å². The molecule has 1 saturated heterocycles. The van der Waals surface area contributed by atoms with Crippen LogP contribution in [0.2, 0.25) is 0 Å². The molecule has 2 heterocycles. The van der Waals surface area contributed by atoms with Gasteiger partial charge in [0.05, 0.1) is 11.6 Å². The van der Waals surface area contributed by atoms with Crippen LogP contribution >= 0.6 is 11.8 Å². The van der Waals surface area contributed by atoms with E-state index in [2.05, 4.69) is 26.2 Å². The molecule has 0 bridgehead atoms. The van der Waals surface area contributed by atoms with E-state index in [1.807, 2.05) is 48.5 Å². The number of aromatic hydroxyl groups is 1. The van der Waals surface area contributed by atoms with Crippen LogP contribution in [0.4, 0.5) is 11.4 Å². The van der Waals surface area contributed by atoms with Crippen LogP contribution in [0, 0.1) is 0 Å². The van der Waals surface area contributed by atoms with Crippen molar-refractivity contribution >= 4 is 29.0 Å². The molecule has 0 aliphatic carbocycles. The van der Waals surface area contributed by atoms with Crippen molar-refractivity contribution in [1.82, 2.24) is 9.88 Å². The maximum absolute atomic E-state index is 12.6. The smallest absolute Gasteiger partial charge is 0.238 e. The molecule has 0 spiro atoms. The molecule has 2 aromatic carbocycles. The second-order valence-electron chi connectivity index (χ2n) is 7.48. The van der Waals surface area contributed by atoms with E-state index in [1.54, 1.807) is 30.1 Å². The van der Waals surface area contributed by atoms with E-state index >= 15 is 0 Å². The predicted octanol–water partition coefficient (Wildman–Crippen LogP) is 3.84. The molecule has 1 amide bonds. The Morgan fingerprint density at radius 2 is 1.81 bits per heavy atom. The third-order valence-electron chi connectivity index (χ3n) is 5.19. The molecule has 1 aliphatic rings. The normalized spacial score (nSPS) is 14.4. The molecule has 1 fully saturated rings. The molecule has 160 valence electrons. The van der Waals surface area contributed by atoms with Gasteiger partial charge in [-0.1, -0.05) is 18.2 Å².